The summed E-state index contributed by atoms with van der Waals surface area (Å²) in [7, 11) is 2.06. The molecule has 84 valence electrons. The standard InChI is InChI=1S/C11H20N4/c1-3-4-15(10-5-12-6-10)8-11-7-13-9-14(11)2/h7,9-10,12H,3-6,8H2,1-2H3. The monoisotopic (exact) mass is 208 g/mol. The van der Waals surface area contributed by atoms with E-state index in [1.807, 2.05) is 12.5 Å². The third-order valence-electron chi connectivity index (χ3n) is 3.07. The fourth-order valence-corrected chi connectivity index (χ4v) is 1.95. The Morgan fingerprint density at radius 2 is 2.40 bits per heavy atom. The first-order valence-electron chi connectivity index (χ1n) is 5.71. The SMILES string of the molecule is CCCN(Cc1cncn1C)C1CNC1. The van der Waals surface area contributed by atoms with Crippen LogP contribution in [0.4, 0.5) is 0 Å². The van der Waals surface area contributed by atoms with Crippen LogP contribution < -0.4 is 5.32 Å². The maximum Gasteiger partial charge on any atom is 0.0945 e. The Kier molecular flexibility index (Phi) is 3.38. The van der Waals surface area contributed by atoms with Crippen molar-refractivity contribution in [2.45, 2.75) is 25.9 Å². The van der Waals surface area contributed by atoms with Crippen molar-refractivity contribution in [3.63, 3.8) is 0 Å². The largest absolute Gasteiger partial charge is 0.337 e. The number of nitrogens with zero attached hydrogens (tertiary/aromatic N) is 3. The lowest BCUT2D eigenvalue weighted by molar-refractivity contribution is 0.135. The van der Waals surface area contributed by atoms with Crippen LogP contribution in [-0.2, 0) is 13.6 Å². The summed E-state index contributed by atoms with van der Waals surface area (Å²) in [4.78, 5) is 6.71. The van der Waals surface area contributed by atoms with Crippen molar-refractivity contribution in [1.82, 2.24) is 19.8 Å². The molecule has 0 radical (unpaired) electrons. The van der Waals surface area contributed by atoms with Crippen LogP contribution in [0.25, 0.3) is 0 Å². The molecule has 1 aliphatic rings. The fourth-order valence-electron chi connectivity index (χ4n) is 1.95. The van der Waals surface area contributed by atoms with Gasteiger partial charge in [0.2, 0.25) is 0 Å². The second kappa shape index (κ2) is 4.77. The highest BCUT2D eigenvalue weighted by Crippen LogP contribution is 2.11. The molecule has 1 aliphatic heterocycles. The van der Waals surface area contributed by atoms with Crippen molar-refractivity contribution in [3.8, 4) is 0 Å². The molecular weight excluding hydrogens is 188 g/mol. The smallest absolute Gasteiger partial charge is 0.0945 e. The summed E-state index contributed by atoms with van der Waals surface area (Å²) in [6.07, 6.45) is 5.06. The molecule has 0 bridgehead atoms. The third-order valence-corrected chi connectivity index (χ3v) is 3.07. The molecule has 0 amide bonds. The van der Waals surface area contributed by atoms with Crippen LogP contribution in [0.1, 0.15) is 19.0 Å². The zero-order valence-electron chi connectivity index (χ0n) is 9.61. The number of aromatic nitrogens is 2. The zero-order valence-corrected chi connectivity index (χ0v) is 9.61. The van der Waals surface area contributed by atoms with Crippen LogP contribution >= 0.6 is 0 Å². The topological polar surface area (TPSA) is 33.1 Å². The first kappa shape index (κ1) is 10.6. The van der Waals surface area contributed by atoms with Gasteiger partial charge in [0.1, 0.15) is 0 Å². The molecule has 2 heterocycles. The summed E-state index contributed by atoms with van der Waals surface area (Å²) in [5.41, 5.74) is 1.30. The van der Waals surface area contributed by atoms with E-state index in [1.54, 1.807) is 0 Å². The maximum absolute atomic E-state index is 4.16. The van der Waals surface area contributed by atoms with Gasteiger partial charge >= 0.3 is 0 Å². The van der Waals surface area contributed by atoms with Crippen LogP contribution in [0.15, 0.2) is 12.5 Å². The molecule has 0 aliphatic carbocycles. The molecule has 4 nitrogen and oxygen atoms in total. The molecule has 1 saturated heterocycles. The van der Waals surface area contributed by atoms with Crippen molar-refractivity contribution in [1.29, 1.82) is 0 Å². The van der Waals surface area contributed by atoms with Crippen LogP contribution in [0, 0.1) is 0 Å². The molecule has 0 spiro atoms. The van der Waals surface area contributed by atoms with E-state index in [2.05, 4.69) is 33.7 Å². The van der Waals surface area contributed by atoms with E-state index in [-0.39, 0.29) is 0 Å². The molecule has 1 fully saturated rings. The Balaban J connectivity index is 1.96. The lowest BCUT2D eigenvalue weighted by Gasteiger charge is -2.38. The first-order valence-corrected chi connectivity index (χ1v) is 5.71. The van der Waals surface area contributed by atoms with Gasteiger partial charge in [-0.2, -0.15) is 0 Å². The van der Waals surface area contributed by atoms with Gasteiger partial charge in [-0.15, -0.1) is 0 Å². The third kappa shape index (κ3) is 2.38. The minimum absolute atomic E-state index is 0.722. The number of aryl methyl sites for hydroxylation is 1. The minimum atomic E-state index is 0.722. The van der Waals surface area contributed by atoms with Crippen molar-refractivity contribution >= 4 is 0 Å². The molecule has 0 aromatic carbocycles. The highest BCUT2D eigenvalue weighted by atomic mass is 15.2. The average molecular weight is 208 g/mol. The van der Waals surface area contributed by atoms with Crippen molar-refractivity contribution in [2.24, 2.45) is 7.05 Å². The molecule has 0 atom stereocenters. The van der Waals surface area contributed by atoms with E-state index in [0.717, 1.165) is 25.7 Å². The highest BCUT2D eigenvalue weighted by Gasteiger charge is 2.24. The van der Waals surface area contributed by atoms with Gasteiger partial charge in [-0.05, 0) is 13.0 Å². The maximum atomic E-state index is 4.16. The first-order chi connectivity index (χ1) is 7.31. The van der Waals surface area contributed by atoms with Gasteiger partial charge in [-0.3, -0.25) is 4.90 Å². The summed E-state index contributed by atoms with van der Waals surface area (Å²) in [5, 5.41) is 3.33. The molecule has 1 N–H and O–H groups in total. The van der Waals surface area contributed by atoms with E-state index in [9.17, 15) is 0 Å². The van der Waals surface area contributed by atoms with E-state index >= 15 is 0 Å². The zero-order chi connectivity index (χ0) is 10.7. The molecule has 1 aromatic heterocycles. The quantitative estimate of drug-likeness (QED) is 0.769. The predicted molar refractivity (Wildman–Crippen MR) is 60.6 cm³/mol. The Hall–Kier alpha value is -0.870. The molecule has 15 heavy (non-hydrogen) atoms. The number of nitrogens with one attached hydrogen (secondary N) is 1. The summed E-state index contributed by atoms with van der Waals surface area (Å²) in [5.74, 6) is 0. The Bertz CT molecular complexity index is 303. The van der Waals surface area contributed by atoms with Crippen LogP contribution in [0.2, 0.25) is 0 Å². The van der Waals surface area contributed by atoms with Gasteiger partial charge in [0.25, 0.3) is 0 Å². The fraction of sp³-hybridized carbons (Fsp3) is 0.727. The normalized spacial score (nSPS) is 17.0. The Morgan fingerprint density at radius 1 is 1.60 bits per heavy atom. The van der Waals surface area contributed by atoms with Gasteiger partial charge in [0, 0.05) is 38.9 Å². The number of hydrogen-bond acceptors (Lipinski definition) is 3. The molecular formula is C11H20N4. The van der Waals surface area contributed by atoms with Gasteiger partial charge in [-0.1, -0.05) is 6.92 Å². The van der Waals surface area contributed by atoms with Crippen LogP contribution in [-0.4, -0.2) is 40.1 Å². The van der Waals surface area contributed by atoms with Crippen molar-refractivity contribution < 1.29 is 0 Å². The van der Waals surface area contributed by atoms with Gasteiger partial charge in [-0.25, -0.2) is 4.98 Å². The summed E-state index contributed by atoms with van der Waals surface area (Å²) >= 11 is 0. The minimum Gasteiger partial charge on any atom is -0.337 e. The van der Waals surface area contributed by atoms with Crippen molar-refractivity contribution in [3.05, 3.63) is 18.2 Å². The molecule has 4 heteroatoms. The second-order valence-electron chi connectivity index (χ2n) is 4.28. The van der Waals surface area contributed by atoms with Gasteiger partial charge in [0.15, 0.2) is 0 Å². The van der Waals surface area contributed by atoms with E-state index in [1.165, 1.54) is 18.7 Å². The van der Waals surface area contributed by atoms with Gasteiger partial charge in [0.05, 0.1) is 12.0 Å². The van der Waals surface area contributed by atoms with E-state index in [0.29, 0.717) is 0 Å². The molecule has 0 unspecified atom stereocenters. The van der Waals surface area contributed by atoms with E-state index in [4.69, 9.17) is 0 Å². The Morgan fingerprint density at radius 3 is 2.87 bits per heavy atom. The summed E-state index contributed by atoms with van der Waals surface area (Å²) in [6.45, 7) is 6.71. The summed E-state index contributed by atoms with van der Waals surface area (Å²) in [6, 6.07) is 0.722. The molecule has 1 aromatic rings. The lowest BCUT2D eigenvalue weighted by atomic mass is 10.1. The second-order valence-corrected chi connectivity index (χ2v) is 4.28. The van der Waals surface area contributed by atoms with Crippen LogP contribution in [0.5, 0.6) is 0 Å². The number of hydrogen-bond donors (Lipinski definition) is 1. The van der Waals surface area contributed by atoms with Crippen molar-refractivity contribution in [2.75, 3.05) is 19.6 Å². The highest BCUT2D eigenvalue weighted by molar-refractivity contribution is 4.99. The number of imidazole rings is 1. The average Bonchev–Trinajstić information content (AvgIpc) is 2.49. The van der Waals surface area contributed by atoms with Gasteiger partial charge < -0.3 is 9.88 Å². The molecule has 2 rings (SSSR count). The van der Waals surface area contributed by atoms with Crippen LogP contribution in [0.3, 0.4) is 0 Å². The number of rotatable bonds is 5. The predicted octanol–water partition coefficient (Wildman–Crippen LogP) is 0.604. The lowest BCUT2D eigenvalue weighted by Crippen LogP contribution is -2.57. The summed E-state index contributed by atoms with van der Waals surface area (Å²) < 4.78 is 2.11. The van der Waals surface area contributed by atoms with E-state index < -0.39 is 0 Å². The Labute approximate surface area is 91.3 Å². The molecule has 0 saturated carbocycles.